The Labute approximate surface area is 169 Å². The summed E-state index contributed by atoms with van der Waals surface area (Å²) in [6.45, 7) is 0.559. The van der Waals surface area contributed by atoms with Gasteiger partial charge in [-0.05, 0) is 49.2 Å². The predicted octanol–water partition coefficient (Wildman–Crippen LogP) is 4.06. The minimum atomic E-state index is -0.805. The highest BCUT2D eigenvalue weighted by atomic mass is 16.5. The van der Waals surface area contributed by atoms with Crippen molar-refractivity contribution in [3.05, 3.63) is 66.4 Å². The molecule has 0 aliphatic carbocycles. The van der Waals surface area contributed by atoms with Crippen molar-refractivity contribution in [1.29, 1.82) is 5.26 Å². The normalized spacial score (nSPS) is 10.7. The Morgan fingerprint density at radius 2 is 1.69 bits per heavy atom. The molecule has 2 rings (SSSR count). The van der Waals surface area contributed by atoms with Crippen LogP contribution in [0.15, 0.2) is 66.4 Å². The summed E-state index contributed by atoms with van der Waals surface area (Å²) in [6, 6.07) is 18.1. The first-order valence-corrected chi connectivity index (χ1v) is 9.28. The number of rotatable bonds is 11. The second-order valence-corrected chi connectivity index (χ2v) is 6.22. The number of amides is 1. The Morgan fingerprint density at radius 1 is 1.00 bits per heavy atom. The fourth-order valence-corrected chi connectivity index (χ4v) is 2.43. The van der Waals surface area contributed by atoms with Crippen molar-refractivity contribution in [1.82, 2.24) is 5.32 Å². The molecule has 2 aromatic rings. The van der Waals surface area contributed by atoms with E-state index < -0.39 is 11.9 Å². The summed E-state index contributed by atoms with van der Waals surface area (Å²) < 4.78 is 5.69. The zero-order valence-corrected chi connectivity index (χ0v) is 15.9. The van der Waals surface area contributed by atoms with Gasteiger partial charge in [0.15, 0.2) is 0 Å². The van der Waals surface area contributed by atoms with Crippen LogP contribution in [0.5, 0.6) is 11.5 Å². The highest BCUT2D eigenvalue weighted by Gasteiger charge is 2.09. The molecule has 0 saturated heterocycles. The van der Waals surface area contributed by atoms with Gasteiger partial charge in [-0.2, -0.15) is 5.26 Å². The Bertz CT molecular complexity index is 871. The van der Waals surface area contributed by atoms with Crippen molar-refractivity contribution in [2.75, 3.05) is 11.9 Å². The predicted molar refractivity (Wildman–Crippen MR) is 109 cm³/mol. The lowest BCUT2D eigenvalue weighted by Gasteiger charge is -2.08. The minimum absolute atomic E-state index is 0.0415. The van der Waals surface area contributed by atoms with E-state index >= 15 is 0 Å². The Hall–Kier alpha value is -3.79. The van der Waals surface area contributed by atoms with Gasteiger partial charge in [-0.25, -0.2) is 0 Å². The van der Waals surface area contributed by atoms with Crippen molar-refractivity contribution < 1.29 is 19.4 Å². The van der Waals surface area contributed by atoms with Crippen LogP contribution < -0.4 is 15.4 Å². The molecule has 0 aromatic heterocycles. The van der Waals surface area contributed by atoms with E-state index in [0.29, 0.717) is 30.2 Å². The molecule has 0 unspecified atom stereocenters. The Balaban J connectivity index is 1.79. The molecule has 0 aliphatic rings. The van der Waals surface area contributed by atoms with Crippen LogP contribution in [0, 0.1) is 11.3 Å². The topological polar surface area (TPSA) is 111 Å². The average molecular weight is 393 g/mol. The standard InChI is InChI=1S/C22H23N3O4/c23-15-17(16-24-14-6-2-5-9-21(26)27)22(28)25-18-10-12-20(13-11-18)29-19-7-3-1-4-8-19/h1,3-4,7-8,10-13,16,24H,2,5-6,9,14H2,(H,25,28)(H,26,27)/b17-16-. The highest BCUT2D eigenvalue weighted by molar-refractivity contribution is 6.06. The third-order valence-corrected chi connectivity index (χ3v) is 3.91. The number of carbonyl (C=O) groups excluding carboxylic acids is 1. The summed E-state index contributed by atoms with van der Waals surface area (Å²) in [5.41, 5.74) is 0.505. The molecule has 0 fully saturated rings. The molecular weight excluding hydrogens is 370 g/mol. The SMILES string of the molecule is N#C/C(=C/NCCCCCC(=O)O)C(=O)Nc1ccc(Oc2ccccc2)cc1. The lowest BCUT2D eigenvalue weighted by molar-refractivity contribution is -0.137. The van der Waals surface area contributed by atoms with E-state index in [0.717, 1.165) is 12.8 Å². The number of hydrogen-bond donors (Lipinski definition) is 3. The first kappa shape index (κ1) is 21.5. The molecular formula is C22H23N3O4. The number of nitriles is 1. The van der Waals surface area contributed by atoms with Crippen LogP contribution in [-0.4, -0.2) is 23.5 Å². The van der Waals surface area contributed by atoms with Crippen molar-refractivity contribution in [3.8, 4) is 17.6 Å². The molecule has 2 aromatic carbocycles. The Morgan fingerprint density at radius 3 is 2.34 bits per heavy atom. The number of ether oxygens (including phenoxy) is 1. The lowest BCUT2D eigenvalue weighted by atomic mass is 10.2. The molecule has 7 heteroatoms. The first-order chi connectivity index (χ1) is 14.1. The van der Waals surface area contributed by atoms with Crippen LogP contribution in [0.3, 0.4) is 0 Å². The Kier molecular flexibility index (Phi) is 8.77. The molecule has 1 amide bonds. The lowest BCUT2D eigenvalue weighted by Crippen LogP contribution is -2.17. The number of carbonyl (C=O) groups is 2. The molecule has 7 nitrogen and oxygen atoms in total. The maximum absolute atomic E-state index is 12.2. The molecule has 0 aliphatic heterocycles. The van der Waals surface area contributed by atoms with E-state index in [1.807, 2.05) is 36.4 Å². The van der Waals surface area contributed by atoms with E-state index in [2.05, 4.69) is 10.6 Å². The number of unbranched alkanes of at least 4 members (excludes halogenated alkanes) is 2. The van der Waals surface area contributed by atoms with Gasteiger partial charge >= 0.3 is 5.97 Å². The number of anilines is 1. The molecule has 0 radical (unpaired) electrons. The average Bonchev–Trinajstić information content (AvgIpc) is 2.72. The van der Waals surface area contributed by atoms with E-state index in [1.165, 1.54) is 6.20 Å². The maximum atomic E-state index is 12.2. The number of nitrogens with one attached hydrogen (secondary N) is 2. The third-order valence-electron chi connectivity index (χ3n) is 3.91. The van der Waals surface area contributed by atoms with Gasteiger partial charge in [0.05, 0.1) is 0 Å². The number of benzene rings is 2. The van der Waals surface area contributed by atoms with Crippen LogP contribution in [-0.2, 0) is 9.59 Å². The smallest absolute Gasteiger partial charge is 0.303 e. The van der Waals surface area contributed by atoms with E-state index in [4.69, 9.17) is 9.84 Å². The minimum Gasteiger partial charge on any atom is -0.481 e. The summed E-state index contributed by atoms with van der Waals surface area (Å²) in [6.07, 6.45) is 3.65. The van der Waals surface area contributed by atoms with Crippen molar-refractivity contribution in [2.45, 2.75) is 25.7 Å². The van der Waals surface area contributed by atoms with E-state index in [9.17, 15) is 14.9 Å². The number of para-hydroxylation sites is 1. The zero-order chi connectivity index (χ0) is 20.9. The second-order valence-electron chi connectivity index (χ2n) is 6.22. The number of carboxylic acid groups (broad SMARTS) is 1. The molecule has 0 bridgehead atoms. The van der Waals surface area contributed by atoms with E-state index in [1.54, 1.807) is 24.3 Å². The molecule has 0 heterocycles. The van der Waals surface area contributed by atoms with Crippen LogP contribution in [0.4, 0.5) is 5.69 Å². The number of aliphatic carboxylic acids is 1. The van der Waals surface area contributed by atoms with Crippen LogP contribution in [0.1, 0.15) is 25.7 Å². The third kappa shape index (κ3) is 8.18. The van der Waals surface area contributed by atoms with Gasteiger partial charge in [-0.3, -0.25) is 9.59 Å². The van der Waals surface area contributed by atoms with Crippen molar-refractivity contribution in [3.63, 3.8) is 0 Å². The van der Waals surface area contributed by atoms with Crippen LogP contribution in [0.25, 0.3) is 0 Å². The number of nitrogens with zero attached hydrogens (tertiary/aromatic N) is 1. The van der Waals surface area contributed by atoms with Gasteiger partial charge in [0.1, 0.15) is 23.1 Å². The first-order valence-electron chi connectivity index (χ1n) is 9.28. The second kappa shape index (κ2) is 11.8. The molecule has 0 saturated carbocycles. The van der Waals surface area contributed by atoms with Gasteiger partial charge in [0.25, 0.3) is 5.91 Å². The van der Waals surface area contributed by atoms with Crippen molar-refractivity contribution in [2.24, 2.45) is 0 Å². The number of carboxylic acids is 1. The highest BCUT2D eigenvalue weighted by Crippen LogP contribution is 2.22. The monoisotopic (exact) mass is 393 g/mol. The summed E-state index contributed by atoms with van der Waals surface area (Å²) >= 11 is 0. The van der Waals surface area contributed by atoms with Gasteiger partial charge < -0.3 is 20.5 Å². The zero-order valence-electron chi connectivity index (χ0n) is 15.9. The largest absolute Gasteiger partial charge is 0.481 e. The van der Waals surface area contributed by atoms with Crippen LogP contribution in [0.2, 0.25) is 0 Å². The quantitative estimate of drug-likeness (QED) is 0.302. The number of hydrogen-bond acceptors (Lipinski definition) is 5. The molecule has 0 atom stereocenters. The van der Waals surface area contributed by atoms with E-state index in [-0.39, 0.29) is 12.0 Å². The fourth-order valence-electron chi connectivity index (χ4n) is 2.43. The van der Waals surface area contributed by atoms with Gasteiger partial charge in [0, 0.05) is 24.9 Å². The van der Waals surface area contributed by atoms with Crippen molar-refractivity contribution >= 4 is 17.6 Å². The summed E-state index contributed by atoms with van der Waals surface area (Å²) in [4.78, 5) is 22.7. The van der Waals surface area contributed by atoms with Gasteiger partial charge in [0.2, 0.25) is 0 Å². The molecule has 150 valence electrons. The molecule has 3 N–H and O–H groups in total. The summed E-state index contributed by atoms with van der Waals surface area (Å²) in [7, 11) is 0. The summed E-state index contributed by atoms with van der Waals surface area (Å²) in [5, 5.41) is 23.3. The fraction of sp³-hybridized carbons (Fsp3) is 0.227. The molecule has 0 spiro atoms. The maximum Gasteiger partial charge on any atom is 0.303 e. The summed E-state index contributed by atoms with van der Waals surface area (Å²) in [5.74, 6) is 0.0337. The van der Waals surface area contributed by atoms with Gasteiger partial charge in [-0.1, -0.05) is 24.6 Å². The van der Waals surface area contributed by atoms with Gasteiger partial charge in [-0.15, -0.1) is 0 Å². The van der Waals surface area contributed by atoms with Crippen LogP contribution >= 0.6 is 0 Å². The molecule has 29 heavy (non-hydrogen) atoms.